The molecule has 2 aromatic heterocycles. The van der Waals surface area contributed by atoms with Crippen LogP contribution in [0.1, 0.15) is 42.6 Å². The summed E-state index contributed by atoms with van der Waals surface area (Å²) in [6.07, 6.45) is 4.70. The number of amides is 1. The van der Waals surface area contributed by atoms with Crippen LogP contribution in [0, 0.1) is 5.92 Å². The molecule has 0 spiro atoms. The van der Waals surface area contributed by atoms with Crippen LogP contribution >= 0.6 is 0 Å². The number of hydrogen-bond acceptors (Lipinski definition) is 10. The van der Waals surface area contributed by atoms with Crippen molar-refractivity contribution in [1.29, 1.82) is 0 Å². The Bertz CT molecular complexity index is 1330. The van der Waals surface area contributed by atoms with Gasteiger partial charge in [0.1, 0.15) is 13.3 Å². The van der Waals surface area contributed by atoms with Crippen molar-refractivity contribution >= 4 is 26.1 Å². The molecule has 0 radical (unpaired) electrons. The molecule has 4 rings (SSSR count). The zero-order valence-corrected chi connectivity index (χ0v) is 27.1. The van der Waals surface area contributed by atoms with Gasteiger partial charge in [0.25, 0.3) is 0 Å². The Balaban J connectivity index is 1.37. The fourth-order valence-corrected chi connectivity index (χ4v) is 5.85. The predicted octanol–water partition coefficient (Wildman–Crippen LogP) is 4.06. The summed E-state index contributed by atoms with van der Waals surface area (Å²) in [5, 5.41) is 22.3. The summed E-state index contributed by atoms with van der Waals surface area (Å²) in [7, 11) is -1.25. The van der Waals surface area contributed by atoms with Gasteiger partial charge in [0.15, 0.2) is 5.82 Å². The molecule has 0 saturated carbocycles. The maximum absolute atomic E-state index is 12.5. The van der Waals surface area contributed by atoms with E-state index in [-0.39, 0.29) is 19.4 Å². The first-order chi connectivity index (χ1) is 21.1. The van der Waals surface area contributed by atoms with Gasteiger partial charge >= 0.3 is 12.1 Å². The molecule has 44 heavy (non-hydrogen) atoms. The Hall–Kier alpha value is -3.91. The standard InChI is InChI=1S/C30H44N8O5Si/c1-5-9-25(28(39)40)26(27-33-34-35-38(27)22-42-16-17-44(2,3)4)18-24-19-31-29(32-20-24)36-12-14-37(15-13-36)30(41)43-21-23-10-7-6-8-11-23/h6-8,10-11,19-20,25-26H,5,9,12-18,21-22H2,1-4H3,(H,39,40)/t25?,26-/m0/s1. The summed E-state index contributed by atoms with van der Waals surface area (Å²) >= 11 is 0. The smallest absolute Gasteiger partial charge is 0.410 e. The molecular formula is C30H44N8O5Si. The second-order valence-electron chi connectivity index (χ2n) is 12.3. The second-order valence-corrected chi connectivity index (χ2v) is 18.0. The number of ether oxygens (including phenoxy) is 2. The van der Waals surface area contributed by atoms with E-state index in [1.807, 2.05) is 42.2 Å². The summed E-state index contributed by atoms with van der Waals surface area (Å²) < 4.78 is 12.9. The zero-order valence-electron chi connectivity index (χ0n) is 26.1. The van der Waals surface area contributed by atoms with Gasteiger partial charge < -0.3 is 24.4 Å². The molecule has 1 fully saturated rings. The van der Waals surface area contributed by atoms with Crippen LogP contribution in [0.5, 0.6) is 0 Å². The van der Waals surface area contributed by atoms with E-state index in [1.54, 1.807) is 22.0 Å². The van der Waals surface area contributed by atoms with Gasteiger partial charge in [0, 0.05) is 59.2 Å². The molecule has 14 heteroatoms. The summed E-state index contributed by atoms with van der Waals surface area (Å²) in [6, 6.07) is 10.6. The first kappa shape index (κ1) is 33.0. The number of hydrogen-bond donors (Lipinski definition) is 1. The average molecular weight is 625 g/mol. The van der Waals surface area contributed by atoms with Gasteiger partial charge in [-0.2, -0.15) is 0 Å². The normalized spacial score (nSPS) is 15.2. The van der Waals surface area contributed by atoms with E-state index in [2.05, 4.69) is 45.1 Å². The van der Waals surface area contributed by atoms with Crippen LogP contribution in [-0.2, 0) is 34.0 Å². The highest BCUT2D eigenvalue weighted by Crippen LogP contribution is 2.31. The van der Waals surface area contributed by atoms with Crippen molar-refractivity contribution < 1.29 is 24.2 Å². The second kappa shape index (κ2) is 15.7. The van der Waals surface area contributed by atoms with E-state index in [9.17, 15) is 14.7 Å². The van der Waals surface area contributed by atoms with Crippen LogP contribution < -0.4 is 4.90 Å². The van der Waals surface area contributed by atoms with Crippen molar-refractivity contribution in [3.05, 3.63) is 59.7 Å². The summed E-state index contributed by atoms with van der Waals surface area (Å²) in [5.74, 6) is -1.00. The van der Waals surface area contributed by atoms with E-state index in [1.165, 1.54) is 0 Å². The Morgan fingerprint density at radius 1 is 1.02 bits per heavy atom. The number of carbonyl (C=O) groups excluding carboxylic acids is 1. The van der Waals surface area contributed by atoms with Crippen LogP contribution in [0.25, 0.3) is 0 Å². The van der Waals surface area contributed by atoms with Gasteiger partial charge in [-0.05, 0) is 40.4 Å². The van der Waals surface area contributed by atoms with Crippen molar-refractivity contribution in [3.8, 4) is 0 Å². The Morgan fingerprint density at radius 2 is 1.73 bits per heavy atom. The van der Waals surface area contributed by atoms with Crippen molar-refractivity contribution in [2.24, 2.45) is 5.92 Å². The Morgan fingerprint density at radius 3 is 2.36 bits per heavy atom. The van der Waals surface area contributed by atoms with Crippen LogP contribution in [0.2, 0.25) is 25.7 Å². The topological polar surface area (TPSA) is 149 Å². The number of aliphatic carboxylic acids is 1. The summed E-state index contributed by atoms with van der Waals surface area (Å²) in [4.78, 5) is 37.8. The maximum atomic E-state index is 12.5. The van der Waals surface area contributed by atoms with Gasteiger partial charge in [0.05, 0.1) is 5.92 Å². The maximum Gasteiger partial charge on any atom is 0.410 e. The fraction of sp³-hybridized carbons (Fsp3) is 0.567. The highest BCUT2D eigenvalue weighted by Gasteiger charge is 2.33. The number of benzene rings is 1. The molecule has 1 saturated heterocycles. The van der Waals surface area contributed by atoms with Crippen molar-refractivity contribution in [2.75, 3.05) is 37.7 Å². The zero-order chi connectivity index (χ0) is 31.5. The molecule has 0 aliphatic carbocycles. The minimum absolute atomic E-state index is 0.170. The fourth-order valence-electron chi connectivity index (χ4n) is 5.09. The Kier molecular flexibility index (Phi) is 11.8. The van der Waals surface area contributed by atoms with Crippen molar-refractivity contribution in [3.63, 3.8) is 0 Å². The van der Waals surface area contributed by atoms with Gasteiger partial charge in [0.2, 0.25) is 5.95 Å². The van der Waals surface area contributed by atoms with Crippen LogP contribution in [0.4, 0.5) is 10.7 Å². The third kappa shape index (κ3) is 9.54. The van der Waals surface area contributed by atoms with Gasteiger partial charge in [-0.15, -0.1) is 5.10 Å². The number of piperazine rings is 1. The largest absolute Gasteiger partial charge is 0.481 e. The lowest BCUT2D eigenvalue weighted by Gasteiger charge is -2.34. The third-order valence-electron chi connectivity index (χ3n) is 7.68. The first-order valence-electron chi connectivity index (χ1n) is 15.2. The lowest BCUT2D eigenvalue weighted by Crippen LogP contribution is -2.49. The molecular weight excluding hydrogens is 580 g/mol. The van der Waals surface area contributed by atoms with Crippen LogP contribution in [0.15, 0.2) is 42.7 Å². The molecule has 1 aromatic carbocycles. The lowest BCUT2D eigenvalue weighted by atomic mass is 9.84. The van der Waals surface area contributed by atoms with E-state index in [0.717, 1.165) is 17.2 Å². The van der Waals surface area contributed by atoms with Gasteiger partial charge in [-0.3, -0.25) is 4.79 Å². The molecule has 1 amide bonds. The van der Waals surface area contributed by atoms with E-state index in [0.29, 0.717) is 63.8 Å². The SMILES string of the molecule is CCCC(C(=O)O)[C@H](Cc1cnc(N2CCN(C(=O)OCc3ccccc3)CC2)nc1)c1nnnn1COCC[Si](C)(C)C. The highest BCUT2D eigenvalue weighted by molar-refractivity contribution is 6.76. The summed E-state index contributed by atoms with van der Waals surface area (Å²) in [5.41, 5.74) is 1.74. The number of rotatable bonds is 15. The summed E-state index contributed by atoms with van der Waals surface area (Å²) in [6.45, 7) is 12.0. The monoisotopic (exact) mass is 624 g/mol. The molecule has 0 bridgehead atoms. The Labute approximate surface area is 259 Å². The molecule has 238 valence electrons. The molecule has 1 aliphatic heterocycles. The van der Waals surface area contributed by atoms with Gasteiger partial charge in [-0.25, -0.2) is 19.4 Å². The molecule has 13 nitrogen and oxygen atoms in total. The quantitative estimate of drug-likeness (QED) is 0.193. The number of carboxylic acid groups (broad SMARTS) is 1. The number of anilines is 1. The number of tetrazole rings is 1. The van der Waals surface area contributed by atoms with Crippen molar-refractivity contribution in [2.45, 2.75) is 71.1 Å². The average Bonchev–Trinajstić information content (AvgIpc) is 3.48. The number of carboxylic acids is 1. The number of nitrogens with zero attached hydrogens (tertiary/aromatic N) is 8. The number of carbonyl (C=O) groups is 2. The molecule has 3 heterocycles. The van der Waals surface area contributed by atoms with Crippen LogP contribution in [0.3, 0.4) is 0 Å². The first-order valence-corrected chi connectivity index (χ1v) is 18.9. The molecule has 1 N–H and O–H groups in total. The third-order valence-corrected chi connectivity index (χ3v) is 9.38. The minimum Gasteiger partial charge on any atom is -0.481 e. The van der Waals surface area contributed by atoms with Gasteiger partial charge in [-0.1, -0.05) is 63.3 Å². The number of aromatic nitrogens is 6. The van der Waals surface area contributed by atoms with Crippen molar-refractivity contribution in [1.82, 2.24) is 35.1 Å². The molecule has 1 aliphatic rings. The predicted molar refractivity (Wildman–Crippen MR) is 167 cm³/mol. The highest BCUT2D eigenvalue weighted by atomic mass is 28.3. The van der Waals surface area contributed by atoms with Crippen LogP contribution in [-0.4, -0.2) is 93.1 Å². The molecule has 2 atom stereocenters. The van der Waals surface area contributed by atoms with E-state index in [4.69, 9.17) is 9.47 Å². The van der Waals surface area contributed by atoms with E-state index < -0.39 is 25.9 Å². The minimum atomic E-state index is -1.25. The van der Waals surface area contributed by atoms with E-state index >= 15 is 0 Å². The molecule has 1 unspecified atom stereocenters. The molecule has 3 aromatic rings. The lowest BCUT2D eigenvalue weighted by molar-refractivity contribution is -0.143.